The molecule has 0 aromatic carbocycles. The average molecular weight is 226 g/mol. The summed E-state index contributed by atoms with van der Waals surface area (Å²) in [6.45, 7) is 9.00. The molecule has 0 aromatic heterocycles. The van der Waals surface area contributed by atoms with Gasteiger partial charge in [0.05, 0.1) is 8.07 Å². The Morgan fingerprint density at radius 3 is 1.93 bits per heavy atom. The van der Waals surface area contributed by atoms with Gasteiger partial charge in [-0.3, -0.25) is 4.79 Å². The molecule has 0 fully saturated rings. The largest absolute Gasteiger partial charge is 0.298 e. The molecule has 0 rings (SSSR count). The molecular weight excluding hydrogens is 200 g/mol. The Labute approximate surface area is 96.0 Å². The molecule has 0 spiro atoms. The molecule has 0 amide bonds. The van der Waals surface area contributed by atoms with Gasteiger partial charge in [0.15, 0.2) is 0 Å². The Morgan fingerprint density at radius 1 is 1.07 bits per heavy atom. The topological polar surface area (TPSA) is 17.1 Å². The van der Waals surface area contributed by atoms with E-state index >= 15 is 0 Å². The fraction of sp³-hybridized carbons (Fsp3) is 0.769. The van der Waals surface area contributed by atoms with Crippen LogP contribution in [0.25, 0.3) is 0 Å². The lowest BCUT2D eigenvalue weighted by Crippen LogP contribution is -2.29. The molecule has 0 saturated carbocycles. The van der Waals surface area contributed by atoms with Crippen molar-refractivity contribution in [1.82, 2.24) is 0 Å². The van der Waals surface area contributed by atoms with Crippen LogP contribution in [0.2, 0.25) is 18.1 Å². The van der Waals surface area contributed by atoms with E-state index in [2.05, 4.69) is 33.4 Å². The molecule has 15 heavy (non-hydrogen) atoms. The predicted molar refractivity (Wildman–Crippen MR) is 70.9 cm³/mol. The van der Waals surface area contributed by atoms with Gasteiger partial charge in [0.2, 0.25) is 0 Å². The van der Waals surface area contributed by atoms with Gasteiger partial charge in [-0.1, -0.05) is 57.9 Å². The Morgan fingerprint density at radius 2 is 1.60 bits per heavy atom. The van der Waals surface area contributed by atoms with Crippen molar-refractivity contribution in [2.24, 2.45) is 0 Å². The van der Waals surface area contributed by atoms with E-state index in [1.807, 2.05) is 0 Å². The van der Waals surface area contributed by atoms with E-state index in [1.165, 1.54) is 24.6 Å². The minimum absolute atomic E-state index is 0.981. The average Bonchev–Trinajstić information content (AvgIpc) is 2.30. The van der Waals surface area contributed by atoms with Crippen molar-refractivity contribution < 1.29 is 4.79 Å². The number of aldehydes is 1. The van der Waals surface area contributed by atoms with Crippen molar-refractivity contribution in [2.45, 2.75) is 65.1 Å². The van der Waals surface area contributed by atoms with Crippen molar-refractivity contribution in [2.75, 3.05) is 0 Å². The van der Waals surface area contributed by atoms with Gasteiger partial charge in [-0.2, -0.15) is 0 Å². The summed E-state index contributed by atoms with van der Waals surface area (Å²) in [5.41, 5.74) is 3.43. The van der Waals surface area contributed by atoms with Gasteiger partial charge in [0.25, 0.3) is 0 Å². The summed E-state index contributed by atoms with van der Waals surface area (Å²) in [5.74, 6) is 0. The highest BCUT2D eigenvalue weighted by Gasteiger charge is 2.24. The first-order valence-electron chi connectivity index (χ1n) is 6.34. The van der Waals surface area contributed by atoms with E-state index < -0.39 is 8.07 Å². The molecule has 88 valence electrons. The highest BCUT2D eigenvalue weighted by molar-refractivity contribution is 6.84. The molecule has 2 heteroatoms. The fourth-order valence-electron chi connectivity index (χ4n) is 2.00. The van der Waals surface area contributed by atoms with Crippen LogP contribution in [-0.4, -0.2) is 14.4 Å². The van der Waals surface area contributed by atoms with Crippen LogP contribution in [0.1, 0.15) is 47.0 Å². The van der Waals surface area contributed by atoms with Crippen LogP contribution in [0.4, 0.5) is 0 Å². The van der Waals surface area contributed by atoms with Gasteiger partial charge in [-0.15, -0.1) is 0 Å². The fourth-order valence-corrected chi connectivity index (χ4v) is 5.11. The third kappa shape index (κ3) is 4.78. The summed E-state index contributed by atoms with van der Waals surface area (Å²) in [5, 5.41) is 0. The minimum atomic E-state index is -1.24. The number of unbranched alkanes of at least 4 members (excludes halogenated alkanes) is 1. The first-order valence-corrected chi connectivity index (χ1v) is 9.04. The summed E-state index contributed by atoms with van der Waals surface area (Å²) in [4.78, 5) is 11.0. The lowest BCUT2D eigenvalue weighted by molar-refractivity contribution is -0.105. The number of hydrogen-bond acceptors (Lipinski definition) is 1. The number of rotatable bonds is 8. The smallest absolute Gasteiger partial charge is 0.145 e. The van der Waals surface area contributed by atoms with Gasteiger partial charge in [-0.25, -0.2) is 0 Å². The Balaban J connectivity index is 4.66. The van der Waals surface area contributed by atoms with Gasteiger partial charge in [0, 0.05) is 0 Å². The molecule has 0 radical (unpaired) electrons. The second kappa shape index (κ2) is 7.86. The van der Waals surface area contributed by atoms with E-state index in [4.69, 9.17) is 0 Å². The van der Waals surface area contributed by atoms with E-state index in [0.29, 0.717) is 0 Å². The quantitative estimate of drug-likeness (QED) is 0.342. The third-order valence-corrected chi connectivity index (χ3v) is 8.78. The van der Waals surface area contributed by atoms with Crippen LogP contribution in [0.15, 0.2) is 11.3 Å². The number of carbonyl (C=O) groups excluding carboxylic acids is 1. The van der Waals surface area contributed by atoms with Gasteiger partial charge in [0.1, 0.15) is 6.29 Å². The third-order valence-electron chi connectivity index (χ3n) is 3.57. The van der Waals surface area contributed by atoms with Crippen LogP contribution in [0.5, 0.6) is 0 Å². The van der Waals surface area contributed by atoms with Crippen molar-refractivity contribution in [1.29, 1.82) is 0 Å². The summed E-state index contributed by atoms with van der Waals surface area (Å²) in [6, 6.07) is 3.80. The molecule has 0 unspecified atom stereocenters. The Kier molecular flexibility index (Phi) is 7.66. The first-order chi connectivity index (χ1) is 7.17. The normalized spacial score (nSPS) is 12.9. The molecule has 0 N–H and O–H groups in total. The maximum Gasteiger partial charge on any atom is 0.145 e. The standard InChI is InChI=1S/C13H26OSi/c1-5-9-10-13(11-14)12-15(6-2,7-3)8-4/h11-12H,5-10H2,1-4H3/b13-12-. The van der Waals surface area contributed by atoms with Crippen LogP contribution in [0.3, 0.4) is 0 Å². The van der Waals surface area contributed by atoms with Gasteiger partial charge >= 0.3 is 0 Å². The number of allylic oxidation sites excluding steroid dienone is 1. The van der Waals surface area contributed by atoms with Crippen molar-refractivity contribution in [3.8, 4) is 0 Å². The SMILES string of the molecule is CCCC/C(C=O)=C/[Si](CC)(CC)CC. The molecule has 0 bridgehead atoms. The zero-order valence-electron chi connectivity index (χ0n) is 10.8. The Bertz CT molecular complexity index is 196. The maximum atomic E-state index is 11.0. The summed E-state index contributed by atoms with van der Waals surface area (Å²) in [7, 11) is -1.24. The monoisotopic (exact) mass is 226 g/mol. The van der Waals surface area contributed by atoms with Crippen molar-refractivity contribution in [3.63, 3.8) is 0 Å². The van der Waals surface area contributed by atoms with E-state index in [0.717, 1.165) is 24.7 Å². The summed E-state index contributed by atoms with van der Waals surface area (Å²) in [6.07, 6.45) is 4.38. The predicted octanol–water partition coefficient (Wildman–Crippen LogP) is 4.35. The van der Waals surface area contributed by atoms with Gasteiger partial charge in [-0.05, 0) is 18.4 Å². The van der Waals surface area contributed by atoms with Crippen molar-refractivity contribution >= 4 is 14.4 Å². The highest BCUT2D eigenvalue weighted by atomic mass is 28.3. The molecule has 0 atom stereocenters. The lowest BCUT2D eigenvalue weighted by Gasteiger charge is -2.24. The zero-order chi connectivity index (χ0) is 11.7. The molecule has 0 aliphatic carbocycles. The van der Waals surface area contributed by atoms with Crippen LogP contribution in [-0.2, 0) is 4.79 Å². The molecule has 0 aliphatic rings. The molecule has 0 aliphatic heterocycles. The molecule has 1 nitrogen and oxygen atoms in total. The molecule has 0 heterocycles. The van der Waals surface area contributed by atoms with Crippen LogP contribution in [0, 0.1) is 0 Å². The van der Waals surface area contributed by atoms with Crippen LogP contribution < -0.4 is 0 Å². The van der Waals surface area contributed by atoms with Crippen molar-refractivity contribution in [3.05, 3.63) is 11.3 Å². The minimum Gasteiger partial charge on any atom is -0.298 e. The number of hydrogen-bond donors (Lipinski definition) is 0. The maximum absolute atomic E-state index is 11.0. The summed E-state index contributed by atoms with van der Waals surface area (Å²) < 4.78 is 0. The molecule has 0 aromatic rings. The zero-order valence-corrected chi connectivity index (χ0v) is 11.8. The second-order valence-electron chi connectivity index (χ2n) is 4.36. The Hall–Kier alpha value is -0.373. The highest BCUT2D eigenvalue weighted by Crippen LogP contribution is 2.24. The number of carbonyl (C=O) groups is 1. The van der Waals surface area contributed by atoms with E-state index in [1.54, 1.807) is 0 Å². The van der Waals surface area contributed by atoms with Crippen LogP contribution >= 0.6 is 0 Å². The lowest BCUT2D eigenvalue weighted by atomic mass is 10.1. The molecule has 0 saturated heterocycles. The first kappa shape index (κ1) is 14.6. The summed E-state index contributed by atoms with van der Waals surface area (Å²) >= 11 is 0. The molecular formula is C13H26OSi. The van der Waals surface area contributed by atoms with E-state index in [-0.39, 0.29) is 0 Å². The van der Waals surface area contributed by atoms with Gasteiger partial charge < -0.3 is 0 Å². The second-order valence-corrected chi connectivity index (χ2v) is 9.50. The van der Waals surface area contributed by atoms with E-state index in [9.17, 15) is 4.79 Å².